The number of rotatable bonds is 10. The number of nitrogens with one attached hydrogen (secondary N) is 1. The van der Waals surface area contributed by atoms with Gasteiger partial charge in [0.05, 0.1) is 31.0 Å². The molecule has 2 N–H and O–H groups in total. The molecule has 1 aromatic heterocycles. The van der Waals surface area contributed by atoms with E-state index in [4.69, 9.17) is 13.9 Å². The first kappa shape index (κ1) is 30.6. The summed E-state index contributed by atoms with van der Waals surface area (Å²) >= 11 is 4.63. The molecule has 44 heavy (non-hydrogen) atoms. The lowest BCUT2D eigenvalue weighted by Crippen LogP contribution is -2.28. The number of halogens is 1. The van der Waals surface area contributed by atoms with Crippen LogP contribution in [-0.2, 0) is 16.1 Å². The first-order valence-corrected chi connectivity index (χ1v) is 14.9. The van der Waals surface area contributed by atoms with Gasteiger partial charge in [0.15, 0.2) is 23.3 Å². The zero-order chi connectivity index (χ0) is 31.1. The molecule has 4 aromatic rings. The number of carbonyl (C=O) groups excluding carboxylic acids is 2. The highest BCUT2D eigenvalue weighted by Gasteiger charge is 2.34. The van der Waals surface area contributed by atoms with Crippen LogP contribution in [0.5, 0.6) is 17.2 Å². The van der Waals surface area contributed by atoms with Crippen molar-refractivity contribution in [3.05, 3.63) is 111 Å². The summed E-state index contributed by atoms with van der Waals surface area (Å²) in [5, 5.41) is 21.5. The number of ether oxygens (including phenoxy) is 2. The maximum atomic E-state index is 13.6. The van der Waals surface area contributed by atoms with Gasteiger partial charge in [0.1, 0.15) is 11.5 Å². The molecule has 2 heterocycles. The van der Waals surface area contributed by atoms with Crippen LogP contribution in [0.15, 0.2) is 103 Å². The number of phenols is 1. The molecule has 0 saturated carbocycles. The zero-order valence-electron chi connectivity index (χ0n) is 23.7. The molecule has 1 fully saturated rings. The third-order valence-electron chi connectivity index (χ3n) is 6.29. The number of carbonyl (C=O) groups is 2. The molecule has 1 aliphatic rings. The number of nitrogens with zero attached hydrogens (tertiary/aromatic N) is 3. The summed E-state index contributed by atoms with van der Waals surface area (Å²) < 4.78 is 17.3. The molecule has 5 rings (SSSR count). The SMILES string of the molecule is COc1cc(/C=N\N=C2\S/C(=C\c3cc(Br)ccc3OCC(=O)Nc3ccc(C)cc3)C(=O)N2Cc2ccco2)ccc1O. The van der Waals surface area contributed by atoms with Crippen molar-refractivity contribution in [2.75, 3.05) is 19.0 Å². The Labute approximate surface area is 266 Å². The van der Waals surface area contributed by atoms with E-state index >= 15 is 0 Å². The van der Waals surface area contributed by atoms with Crippen LogP contribution in [0.2, 0.25) is 0 Å². The minimum atomic E-state index is -0.315. The predicted molar refractivity (Wildman–Crippen MR) is 174 cm³/mol. The minimum Gasteiger partial charge on any atom is -0.504 e. The van der Waals surface area contributed by atoms with Crippen LogP contribution in [0.1, 0.15) is 22.5 Å². The Balaban J connectivity index is 1.37. The fourth-order valence-electron chi connectivity index (χ4n) is 4.08. The molecule has 0 unspecified atom stereocenters. The van der Waals surface area contributed by atoms with Crippen LogP contribution in [0.25, 0.3) is 6.08 Å². The number of hydrogen-bond acceptors (Lipinski definition) is 9. The van der Waals surface area contributed by atoms with Crippen LogP contribution in [0.3, 0.4) is 0 Å². The van der Waals surface area contributed by atoms with Crippen LogP contribution in [0, 0.1) is 6.92 Å². The van der Waals surface area contributed by atoms with Crippen molar-refractivity contribution in [2.45, 2.75) is 13.5 Å². The van der Waals surface area contributed by atoms with Crippen LogP contribution >= 0.6 is 27.7 Å². The number of amides is 2. The number of furan rings is 1. The van der Waals surface area contributed by atoms with Crippen LogP contribution in [0.4, 0.5) is 5.69 Å². The zero-order valence-corrected chi connectivity index (χ0v) is 26.1. The molecule has 0 atom stereocenters. The predicted octanol–water partition coefficient (Wildman–Crippen LogP) is 6.59. The number of anilines is 1. The fraction of sp³-hybridized carbons (Fsp3) is 0.125. The molecule has 0 radical (unpaired) electrons. The largest absolute Gasteiger partial charge is 0.504 e. The van der Waals surface area contributed by atoms with E-state index in [1.807, 2.05) is 31.2 Å². The Hall–Kier alpha value is -4.81. The van der Waals surface area contributed by atoms with Gasteiger partial charge in [-0.3, -0.25) is 14.5 Å². The first-order valence-electron chi connectivity index (χ1n) is 13.3. The molecule has 10 nitrogen and oxygen atoms in total. The summed E-state index contributed by atoms with van der Waals surface area (Å²) in [6.45, 7) is 1.90. The quantitative estimate of drug-likeness (QED) is 0.110. The maximum Gasteiger partial charge on any atom is 0.267 e. The van der Waals surface area contributed by atoms with E-state index in [1.54, 1.807) is 48.5 Å². The van der Waals surface area contributed by atoms with Gasteiger partial charge in [-0.2, -0.15) is 5.10 Å². The number of methoxy groups -OCH3 is 1. The number of thioether (sulfide) groups is 1. The second-order valence-corrected chi connectivity index (χ2v) is 11.4. The normalized spacial score (nSPS) is 15.0. The number of phenolic OH excluding ortho intramolecular Hbond substituents is 1. The number of benzene rings is 3. The minimum absolute atomic E-state index is 0.00936. The molecule has 2 amide bonds. The molecular weight excluding hydrogens is 648 g/mol. The summed E-state index contributed by atoms with van der Waals surface area (Å²) in [5.74, 6) is 0.702. The van der Waals surface area contributed by atoms with E-state index in [9.17, 15) is 14.7 Å². The van der Waals surface area contributed by atoms with Gasteiger partial charge >= 0.3 is 0 Å². The van der Waals surface area contributed by atoms with Crippen molar-refractivity contribution in [1.29, 1.82) is 0 Å². The van der Waals surface area contributed by atoms with Gasteiger partial charge in [0.2, 0.25) is 0 Å². The summed E-state index contributed by atoms with van der Waals surface area (Å²) in [7, 11) is 1.46. The summed E-state index contributed by atoms with van der Waals surface area (Å²) in [6, 6.07) is 21.1. The van der Waals surface area contributed by atoms with Gasteiger partial charge in [0.25, 0.3) is 11.8 Å². The van der Waals surface area contributed by atoms with Gasteiger partial charge in [-0.1, -0.05) is 33.6 Å². The fourth-order valence-corrected chi connectivity index (χ4v) is 5.39. The van der Waals surface area contributed by atoms with Gasteiger partial charge in [-0.05, 0) is 91.0 Å². The van der Waals surface area contributed by atoms with Crippen molar-refractivity contribution in [1.82, 2.24) is 4.90 Å². The molecule has 0 spiro atoms. The Kier molecular flexibility index (Phi) is 9.82. The third kappa shape index (κ3) is 7.77. The van der Waals surface area contributed by atoms with Gasteiger partial charge in [-0.25, -0.2) is 0 Å². The van der Waals surface area contributed by atoms with Crippen molar-refractivity contribution in [3.8, 4) is 17.2 Å². The molecule has 224 valence electrons. The van der Waals surface area contributed by atoms with Gasteiger partial charge in [-0.15, -0.1) is 5.10 Å². The molecule has 0 aliphatic carbocycles. The first-order chi connectivity index (χ1) is 21.3. The molecule has 3 aromatic carbocycles. The standard InChI is InChI=1S/C32H27BrN4O6S/c1-20-5-9-24(10-6-20)35-30(39)19-43-27-12-8-23(33)15-22(27)16-29-31(40)37(18-25-4-3-13-42-25)32(44-29)36-34-17-21-7-11-26(38)28(14-21)41-2/h3-17,38H,18-19H2,1-2H3,(H,35,39)/b29-16-,34-17-,36-32+. The topological polar surface area (TPSA) is 126 Å². The Morgan fingerprint density at radius 1 is 1.11 bits per heavy atom. The summed E-state index contributed by atoms with van der Waals surface area (Å²) in [5.41, 5.74) is 3.00. The van der Waals surface area contributed by atoms with E-state index < -0.39 is 0 Å². The lowest BCUT2D eigenvalue weighted by Gasteiger charge is -2.13. The second-order valence-electron chi connectivity index (χ2n) is 9.52. The lowest BCUT2D eigenvalue weighted by atomic mass is 10.2. The van der Waals surface area contributed by atoms with Crippen molar-refractivity contribution in [3.63, 3.8) is 0 Å². The van der Waals surface area contributed by atoms with Gasteiger partial charge < -0.3 is 24.3 Å². The maximum absolute atomic E-state index is 13.6. The van der Waals surface area contributed by atoms with E-state index in [0.29, 0.717) is 44.1 Å². The van der Waals surface area contributed by atoms with Gasteiger partial charge in [0, 0.05) is 15.7 Å². The average molecular weight is 676 g/mol. The van der Waals surface area contributed by atoms with Crippen molar-refractivity contribution >= 4 is 62.7 Å². The highest BCUT2D eigenvalue weighted by Crippen LogP contribution is 2.36. The van der Waals surface area contributed by atoms with E-state index in [1.165, 1.54) is 30.6 Å². The molecular formula is C32H27BrN4O6S. The Morgan fingerprint density at radius 2 is 1.93 bits per heavy atom. The summed E-state index contributed by atoms with van der Waals surface area (Å²) in [6.07, 6.45) is 4.72. The van der Waals surface area contributed by atoms with E-state index in [0.717, 1.165) is 21.8 Å². The smallest absolute Gasteiger partial charge is 0.267 e. The molecule has 12 heteroatoms. The van der Waals surface area contributed by atoms with Crippen molar-refractivity contribution < 1.29 is 28.6 Å². The van der Waals surface area contributed by atoms with Crippen LogP contribution < -0.4 is 14.8 Å². The lowest BCUT2D eigenvalue weighted by molar-refractivity contribution is -0.122. The highest BCUT2D eigenvalue weighted by atomic mass is 79.9. The Morgan fingerprint density at radius 3 is 2.68 bits per heavy atom. The molecule has 1 saturated heterocycles. The summed E-state index contributed by atoms with van der Waals surface area (Å²) in [4.78, 5) is 28.0. The second kappa shape index (κ2) is 14.1. The molecule has 0 bridgehead atoms. The monoisotopic (exact) mass is 674 g/mol. The number of aryl methyl sites for hydroxylation is 1. The number of aromatic hydroxyl groups is 1. The van der Waals surface area contributed by atoms with Crippen molar-refractivity contribution in [2.24, 2.45) is 10.2 Å². The Bertz CT molecular complexity index is 1750. The molecule has 1 aliphatic heterocycles. The van der Waals surface area contributed by atoms with E-state index in [2.05, 4.69) is 31.4 Å². The number of amidine groups is 1. The van der Waals surface area contributed by atoms with Crippen LogP contribution in [-0.4, -0.2) is 46.9 Å². The highest BCUT2D eigenvalue weighted by molar-refractivity contribution is 9.10. The average Bonchev–Trinajstić information content (AvgIpc) is 3.63. The third-order valence-corrected chi connectivity index (χ3v) is 7.78. The number of hydrogen-bond donors (Lipinski definition) is 2. The van der Waals surface area contributed by atoms with E-state index in [-0.39, 0.29) is 30.7 Å².